The van der Waals surface area contributed by atoms with Crippen LogP contribution in [0.4, 0.5) is 0 Å². The molecule has 0 spiro atoms. The molecule has 0 amide bonds. The highest BCUT2D eigenvalue weighted by atomic mass is 16.5. The lowest BCUT2D eigenvalue weighted by Crippen LogP contribution is -2.42. The molecule has 1 unspecified atom stereocenters. The minimum atomic E-state index is 0.265. The Bertz CT molecular complexity index is 1010. The number of nitrogens with zero attached hydrogens (tertiary/aromatic N) is 4. The van der Waals surface area contributed by atoms with E-state index in [9.17, 15) is 0 Å². The van der Waals surface area contributed by atoms with E-state index >= 15 is 0 Å². The molecule has 3 N–H and O–H groups in total. The minimum Gasteiger partial charge on any atom is -0.497 e. The van der Waals surface area contributed by atoms with Gasteiger partial charge < -0.3 is 15.4 Å². The van der Waals surface area contributed by atoms with E-state index in [1.165, 1.54) is 24.7 Å². The summed E-state index contributed by atoms with van der Waals surface area (Å²) in [6.07, 6.45) is 4.01. The van der Waals surface area contributed by atoms with Gasteiger partial charge in [0, 0.05) is 25.7 Å². The average molecular weight is 434 g/mol. The van der Waals surface area contributed by atoms with Crippen LogP contribution in [0, 0.1) is 0 Å². The zero-order valence-corrected chi connectivity index (χ0v) is 18.7. The first-order valence-corrected chi connectivity index (χ1v) is 11.0. The third-order valence-electron chi connectivity index (χ3n) is 5.82. The summed E-state index contributed by atoms with van der Waals surface area (Å²) in [5.74, 6) is 2.43. The maximum Gasteiger partial charge on any atom is 0.191 e. The molecule has 8 nitrogen and oxygen atoms in total. The quantitative estimate of drug-likeness (QED) is 0.374. The van der Waals surface area contributed by atoms with Crippen molar-refractivity contribution in [2.75, 3.05) is 33.8 Å². The summed E-state index contributed by atoms with van der Waals surface area (Å²) in [4.78, 5) is 11.2. The lowest BCUT2D eigenvalue weighted by atomic mass is 10.1. The lowest BCUT2D eigenvalue weighted by Gasteiger charge is -2.29. The zero-order valence-electron chi connectivity index (χ0n) is 18.7. The molecule has 0 aliphatic carbocycles. The highest BCUT2D eigenvalue weighted by Gasteiger charge is 2.24. The number of benzene rings is 2. The van der Waals surface area contributed by atoms with Crippen LogP contribution in [0.5, 0.6) is 5.75 Å². The van der Waals surface area contributed by atoms with Crippen LogP contribution in [-0.4, -0.2) is 59.8 Å². The van der Waals surface area contributed by atoms with Gasteiger partial charge in [-0.15, -0.1) is 0 Å². The summed E-state index contributed by atoms with van der Waals surface area (Å²) >= 11 is 0. The van der Waals surface area contributed by atoms with E-state index in [1.54, 1.807) is 14.2 Å². The lowest BCUT2D eigenvalue weighted by molar-refractivity contribution is 0.245. The molecule has 1 saturated heterocycles. The van der Waals surface area contributed by atoms with Gasteiger partial charge in [-0.25, -0.2) is 4.98 Å². The Hall–Kier alpha value is -3.39. The van der Waals surface area contributed by atoms with E-state index in [4.69, 9.17) is 4.74 Å². The summed E-state index contributed by atoms with van der Waals surface area (Å²) in [5.41, 5.74) is 3.41. The van der Waals surface area contributed by atoms with Gasteiger partial charge >= 0.3 is 0 Å². The standard InChI is InChI=1S/C24H31N7O/c1-25-24(26-15-18-7-5-9-20(13-18)23-28-17-29-30-23)27-16-22(31-11-3-4-12-31)19-8-6-10-21(14-19)32-2/h5-10,13-14,17,22H,3-4,11-12,15-16H2,1-2H3,(H2,25,26,27)(H,28,29,30). The van der Waals surface area contributed by atoms with E-state index in [0.29, 0.717) is 6.54 Å². The van der Waals surface area contributed by atoms with E-state index in [0.717, 1.165) is 48.3 Å². The van der Waals surface area contributed by atoms with Crippen LogP contribution in [0.1, 0.15) is 30.0 Å². The minimum absolute atomic E-state index is 0.265. The van der Waals surface area contributed by atoms with E-state index in [1.807, 2.05) is 18.2 Å². The molecule has 1 aliphatic heterocycles. The number of guanidine groups is 1. The fourth-order valence-corrected chi connectivity index (χ4v) is 4.13. The van der Waals surface area contributed by atoms with E-state index in [2.05, 4.69) is 66.0 Å². The number of ether oxygens (including phenoxy) is 1. The number of methoxy groups -OCH3 is 1. The summed E-state index contributed by atoms with van der Waals surface area (Å²) in [6, 6.07) is 16.9. The second kappa shape index (κ2) is 10.8. The third-order valence-corrected chi connectivity index (χ3v) is 5.82. The maximum absolute atomic E-state index is 5.45. The fourth-order valence-electron chi connectivity index (χ4n) is 4.13. The average Bonchev–Trinajstić information content (AvgIpc) is 3.56. The van der Waals surface area contributed by atoms with Crippen LogP contribution < -0.4 is 15.4 Å². The maximum atomic E-state index is 5.45. The first-order valence-electron chi connectivity index (χ1n) is 11.0. The Morgan fingerprint density at radius 2 is 2.00 bits per heavy atom. The van der Waals surface area contributed by atoms with E-state index in [-0.39, 0.29) is 6.04 Å². The number of aromatic amines is 1. The molecule has 1 atom stereocenters. The van der Waals surface area contributed by atoms with Crippen molar-refractivity contribution in [2.24, 2.45) is 4.99 Å². The molecule has 3 aromatic rings. The molecule has 4 rings (SSSR count). The number of hydrogen-bond donors (Lipinski definition) is 3. The van der Waals surface area contributed by atoms with Crippen molar-refractivity contribution in [3.63, 3.8) is 0 Å². The first-order chi connectivity index (χ1) is 15.8. The van der Waals surface area contributed by atoms with Gasteiger partial charge in [0.1, 0.15) is 12.1 Å². The third kappa shape index (κ3) is 5.45. The number of likely N-dealkylation sites (tertiary alicyclic amines) is 1. The largest absolute Gasteiger partial charge is 0.497 e. The Labute approximate surface area is 189 Å². The Balaban J connectivity index is 1.39. The molecule has 0 saturated carbocycles. The smallest absolute Gasteiger partial charge is 0.191 e. The predicted molar refractivity (Wildman–Crippen MR) is 127 cm³/mol. The van der Waals surface area contributed by atoms with Gasteiger partial charge in [0.2, 0.25) is 0 Å². The Morgan fingerprint density at radius 3 is 2.75 bits per heavy atom. The molecule has 1 aromatic heterocycles. The molecule has 0 radical (unpaired) electrons. The molecule has 1 aliphatic rings. The highest BCUT2D eigenvalue weighted by Crippen LogP contribution is 2.27. The molecular weight excluding hydrogens is 402 g/mol. The molecule has 2 aromatic carbocycles. The summed E-state index contributed by atoms with van der Waals surface area (Å²) in [6.45, 7) is 3.66. The first kappa shape index (κ1) is 21.8. The number of hydrogen-bond acceptors (Lipinski definition) is 5. The van der Waals surface area contributed by atoms with Crippen LogP contribution >= 0.6 is 0 Å². The van der Waals surface area contributed by atoms with Crippen molar-refractivity contribution in [3.8, 4) is 17.1 Å². The number of aromatic nitrogens is 3. The number of nitrogens with one attached hydrogen (secondary N) is 3. The molecule has 1 fully saturated rings. The van der Waals surface area contributed by atoms with Crippen molar-refractivity contribution in [3.05, 3.63) is 66.0 Å². The van der Waals surface area contributed by atoms with Crippen LogP contribution in [0.2, 0.25) is 0 Å². The van der Waals surface area contributed by atoms with Crippen molar-refractivity contribution in [1.82, 2.24) is 30.7 Å². The second-order valence-electron chi connectivity index (χ2n) is 7.88. The van der Waals surface area contributed by atoms with Crippen LogP contribution in [0.3, 0.4) is 0 Å². The monoisotopic (exact) mass is 433 g/mol. The number of H-pyrrole nitrogens is 1. The number of aliphatic imine (C=N–C) groups is 1. The molecule has 168 valence electrons. The molecule has 32 heavy (non-hydrogen) atoms. The topological polar surface area (TPSA) is 90.5 Å². The molecule has 8 heteroatoms. The SMILES string of the molecule is CN=C(NCc1cccc(-c2ncn[nH]2)c1)NCC(c1cccc(OC)c1)N1CCCC1. The summed E-state index contributed by atoms with van der Waals surface area (Å²) in [7, 11) is 3.52. The van der Waals surface area contributed by atoms with Crippen molar-refractivity contribution in [1.29, 1.82) is 0 Å². The molecule has 0 bridgehead atoms. The van der Waals surface area contributed by atoms with Gasteiger partial charge in [0.15, 0.2) is 11.8 Å². The van der Waals surface area contributed by atoms with Gasteiger partial charge in [-0.05, 0) is 55.3 Å². The van der Waals surface area contributed by atoms with Crippen molar-refractivity contribution < 1.29 is 4.74 Å². The van der Waals surface area contributed by atoms with Gasteiger partial charge in [-0.3, -0.25) is 15.0 Å². The summed E-state index contributed by atoms with van der Waals surface area (Å²) in [5, 5.41) is 13.8. The Morgan fingerprint density at radius 1 is 1.16 bits per heavy atom. The zero-order chi connectivity index (χ0) is 22.2. The molecule has 2 heterocycles. The predicted octanol–water partition coefficient (Wildman–Crippen LogP) is 2.98. The van der Waals surface area contributed by atoms with Crippen LogP contribution in [-0.2, 0) is 6.54 Å². The number of rotatable bonds is 8. The van der Waals surface area contributed by atoms with Gasteiger partial charge in [0.25, 0.3) is 0 Å². The van der Waals surface area contributed by atoms with Gasteiger partial charge in [-0.2, -0.15) is 5.10 Å². The van der Waals surface area contributed by atoms with Crippen LogP contribution in [0.25, 0.3) is 11.4 Å². The highest BCUT2D eigenvalue weighted by molar-refractivity contribution is 5.79. The fraction of sp³-hybridized carbons (Fsp3) is 0.375. The van der Waals surface area contributed by atoms with Crippen molar-refractivity contribution in [2.45, 2.75) is 25.4 Å². The summed E-state index contributed by atoms with van der Waals surface area (Å²) < 4.78 is 5.45. The normalized spacial score (nSPS) is 15.5. The van der Waals surface area contributed by atoms with Gasteiger partial charge in [0.05, 0.1) is 13.2 Å². The van der Waals surface area contributed by atoms with E-state index < -0.39 is 0 Å². The second-order valence-corrected chi connectivity index (χ2v) is 7.88. The molecular formula is C24H31N7O. The Kier molecular flexibility index (Phi) is 7.34. The van der Waals surface area contributed by atoms with Crippen LogP contribution in [0.15, 0.2) is 59.9 Å². The van der Waals surface area contributed by atoms with Crippen molar-refractivity contribution >= 4 is 5.96 Å². The van der Waals surface area contributed by atoms with Gasteiger partial charge in [-0.1, -0.05) is 30.3 Å².